The Balaban J connectivity index is 3.06. The van der Waals surface area contributed by atoms with Gasteiger partial charge in [0.2, 0.25) is 0 Å². The Hall–Kier alpha value is -1.32. The molecule has 0 aromatic heterocycles. The first-order valence-electron chi connectivity index (χ1n) is 11.7. The third kappa shape index (κ3) is 9.25. The number of hydrogen-bond acceptors (Lipinski definition) is 4. The van der Waals surface area contributed by atoms with Gasteiger partial charge in [0.25, 0.3) is 0 Å². The van der Waals surface area contributed by atoms with Crippen LogP contribution in [0, 0.1) is 5.92 Å². The number of rotatable bonds is 14. The largest absolute Gasteiger partial charge is 0.462 e. The number of hydrogen-bond donors (Lipinski definition) is 0. The van der Waals surface area contributed by atoms with Crippen molar-refractivity contribution in [1.82, 2.24) is 0 Å². The summed E-state index contributed by atoms with van der Waals surface area (Å²) in [5.74, 6) is -0.431. The van der Waals surface area contributed by atoms with E-state index in [2.05, 4.69) is 20.8 Å². The zero-order valence-corrected chi connectivity index (χ0v) is 18.5. The molecule has 1 aliphatic rings. The van der Waals surface area contributed by atoms with Crippen molar-refractivity contribution in [3.8, 4) is 0 Å². The van der Waals surface area contributed by atoms with Crippen LogP contribution in [0.5, 0.6) is 0 Å². The van der Waals surface area contributed by atoms with Crippen molar-refractivity contribution >= 4 is 11.9 Å². The molecule has 4 heteroatoms. The van der Waals surface area contributed by atoms with Gasteiger partial charge < -0.3 is 9.47 Å². The second kappa shape index (κ2) is 15.6. The zero-order chi connectivity index (χ0) is 20.6. The number of unbranched alkanes of at least 4 members (excludes halogenated alkanes) is 5. The van der Waals surface area contributed by atoms with Gasteiger partial charge in [-0.15, -0.1) is 0 Å². The first-order valence-corrected chi connectivity index (χ1v) is 11.7. The Morgan fingerprint density at radius 2 is 1.29 bits per heavy atom. The van der Waals surface area contributed by atoms with Gasteiger partial charge in [0.05, 0.1) is 18.8 Å². The van der Waals surface area contributed by atoms with Crippen LogP contribution in [0.1, 0.15) is 111 Å². The van der Waals surface area contributed by atoms with E-state index in [4.69, 9.17) is 9.47 Å². The van der Waals surface area contributed by atoms with E-state index in [1.54, 1.807) is 0 Å². The average Bonchev–Trinajstić information content (AvgIpc) is 2.71. The van der Waals surface area contributed by atoms with Gasteiger partial charge in [-0.1, -0.05) is 72.1 Å². The normalized spacial score (nSPS) is 15.8. The molecule has 4 nitrogen and oxygen atoms in total. The highest BCUT2D eigenvalue weighted by molar-refractivity contribution is 6.00. The van der Waals surface area contributed by atoms with Crippen molar-refractivity contribution < 1.29 is 19.1 Å². The van der Waals surface area contributed by atoms with Crippen molar-refractivity contribution in [2.75, 3.05) is 13.2 Å². The molecule has 1 rings (SSSR count). The van der Waals surface area contributed by atoms with E-state index < -0.39 is 0 Å². The highest BCUT2D eigenvalue weighted by Gasteiger charge is 2.30. The fourth-order valence-electron chi connectivity index (χ4n) is 3.79. The summed E-state index contributed by atoms with van der Waals surface area (Å²) >= 11 is 0. The minimum Gasteiger partial charge on any atom is -0.462 e. The van der Waals surface area contributed by atoms with E-state index in [1.165, 1.54) is 6.42 Å². The van der Waals surface area contributed by atoms with Crippen LogP contribution >= 0.6 is 0 Å². The molecule has 1 saturated carbocycles. The maximum atomic E-state index is 13.0. The van der Waals surface area contributed by atoms with Crippen molar-refractivity contribution in [2.24, 2.45) is 5.92 Å². The summed E-state index contributed by atoms with van der Waals surface area (Å²) in [7, 11) is 0. The minimum atomic E-state index is -0.294. The van der Waals surface area contributed by atoms with Crippen LogP contribution in [-0.2, 0) is 19.1 Å². The van der Waals surface area contributed by atoms with Gasteiger partial charge in [0.1, 0.15) is 0 Å². The Kier molecular flexibility index (Phi) is 13.8. The molecule has 0 N–H and O–H groups in total. The molecule has 0 unspecified atom stereocenters. The summed E-state index contributed by atoms with van der Waals surface area (Å²) in [5.41, 5.74) is 1.23. The maximum absolute atomic E-state index is 13.0. The van der Waals surface area contributed by atoms with E-state index in [0.717, 1.165) is 77.0 Å². The van der Waals surface area contributed by atoms with Crippen LogP contribution in [0.2, 0.25) is 0 Å². The molecule has 0 amide bonds. The summed E-state index contributed by atoms with van der Waals surface area (Å²) in [6, 6.07) is 0. The molecule has 0 radical (unpaired) electrons. The molecule has 0 aromatic carbocycles. The van der Waals surface area contributed by atoms with Crippen LogP contribution in [0.4, 0.5) is 0 Å². The molecular weight excluding hydrogens is 352 g/mol. The number of carbonyl (C=O) groups excluding carboxylic acids is 2. The lowest BCUT2D eigenvalue weighted by Gasteiger charge is -2.26. The SMILES string of the molecule is CCCCCCC(C(=O)OCCCC)=C(C(=O)OCCCC)C1CCCCC1. The standard InChI is InChI=1S/C24H42O4/c1-4-7-10-14-17-21(23(25)27-18-8-5-2)22(20-15-12-11-13-16-20)24(26)28-19-9-6-3/h20H,4-19H2,1-3H3. The van der Waals surface area contributed by atoms with E-state index in [0.29, 0.717) is 30.8 Å². The summed E-state index contributed by atoms with van der Waals surface area (Å²) in [6.07, 6.45) is 14.0. The van der Waals surface area contributed by atoms with Crippen LogP contribution in [0.15, 0.2) is 11.1 Å². The van der Waals surface area contributed by atoms with E-state index in [9.17, 15) is 9.59 Å². The summed E-state index contributed by atoms with van der Waals surface area (Å²) < 4.78 is 11.1. The Labute approximate surface area is 172 Å². The summed E-state index contributed by atoms with van der Waals surface area (Å²) in [6.45, 7) is 7.19. The molecule has 1 aliphatic carbocycles. The molecule has 0 atom stereocenters. The first-order chi connectivity index (χ1) is 13.7. The number of esters is 2. The molecule has 28 heavy (non-hydrogen) atoms. The first kappa shape index (κ1) is 24.7. The third-order valence-electron chi connectivity index (χ3n) is 5.55. The molecule has 162 valence electrons. The molecule has 0 saturated heterocycles. The fraction of sp³-hybridized carbons (Fsp3) is 0.833. The lowest BCUT2D eigenvalue weighted by atomic mass is 9.80. The maximum Gasteiger partial charge on any atom is 0.334 e. The molecule has 0 aliphatic heterocycles. The molecule has 0 spiro atoms. The Morgan fingerprint density at radius 1 is 0.714 bits per heavy atom. The van der Waals surface area contributed by atoms with E-state index >= 15 is 0 Å². The van der Waals surface area contributed by atoms with Crippen molar-refractivity contribution in [3.63, 3.8) is 0 Å². The smallest absolute Gasteiger partial charge is 0.334 e. The Bertz CT molecular complexity index is 475. The van der Waals surface area contributed by atoms with Gasteiger partial charge in [-0.3, -0.25) is 0 Å². The van der Waals surface area contributed by atoms with Gasteiger partial charge in [-0.05, 0) is 44.4 Å². The molecular formula is C24H42O4. The predicted molar refractivity (Wildman–Crippen MR) is 114 cm³/mol. The molecule has 1 fully saturated rings. The minimum absolute atomic E-state index is 0.141. The molecule has 0 heterocycles. The summed E-state index contributed by atoms with van der Waals surface area (Å²) in [5, 5.41) is 0. The predicted octanol–water partition coefficient (Wildman–Crippen LogP) is 6.52. The number of ether oxygens (including phenoxy) is 2. The van der Waals surface area contributed by atoms with E-state index in [-0.39, 0.29) is 17.9 Å². The lowest BCUT2D eigenvalue weighted by molar-refractivity contribution is -0.143. The molecule has 0 aromatic rings. The zero-order valence-electron chi connectivity index (χ0n) is 18.5. The van der Waals surface area contributed by atoms with Gasteiger partial charge in [0, 0.05) is 5.57 Å². The van der Waals surface area contributed by atoms with Gasteiger partial charge in [-0.25, -0.2) is 9.59 Å². The molecule has 0 bridgehead atoms. The second-order valence-electron chi connectivity index (χ2n) is 8.02. The monoisotopic (exact) mass is 394 g/mol. The second-order valence-corrected chi connectivity index (χ2v) is 8.02. The highest BCUT2D eigenvalue weighted by Crippen LogP contribution is 2.34. The fourth-order valence-corrected chi connectivity index (χ4v) is 3.79. The third-order valence-corrected chi connectivity index (χ3v) is 5.55. The van der Waals surface area contributed by atoms with Crippen molar-refractivity contribution in [1.29, 1.82) is 0 Å². The van der Waals surface area contributed by atoms with E-state index in [1.807, 2.05) is 0 Å². The van der Waals surface area contributed by atoms with Gasteiger partial charge in [0.15, 0.2) is 0 Å². The van der Waals surface area contributed by atoms with Crippen LogP contribution in [0.25, 0.3) is 0 Å². The quantitative estimate of drug-likeness (QED) is 0.191. The van der Waals surface area contributed by atoms with Crippen molar-refractivity contribution in [2.45, 2.75) is 111 Å². The Morgan fingerprint density at radius 3 is 1.86 bits per heavy atom. The summed E-state index contributed by atoms with van der Waals surface area (Å²) in [4.78, 5) is 25.9. The van der Waals surface area contributed by atoms with Crippen molar-refractivity contribution in [3.05, 3.63) is 11.1 Å². The lowest BCUT2D eigenvalue weighted by Crippen LogP contribution is -2.24. The van der Waals surface area contributed by atoms with Crippen LogP contribution in [0.3, 0.4) is 0 Å². The number of carbonyl (C=O) groups is 2. The van der Waals surface area contributed by atoms with Gasteiger partial charge >= 0.3 is 11.9 Å². The van der Waals surface area contributed by atoms with Gasteiger partial charge in [-0.2, -0.15) is 0 Å². The van der Waals surface area contributed by atoms with Crippen LogP contribution < -0.4 is 0 Å². The highest BCUT2D eigenvalue weighted by atomic mass is 16.5. The topological polar surface area (TPSA) is 52.6 Å². The average molecular weight is 395 g/mol. The van der Waals surface area contributed by atoms with Crippen LogP contribution in [-0.4, -0.2) is 25.2 Å².